The summed E-state index contributed by atoms with van der Waals surface area (Å²) in [6.07, 6.45) is 3.33. The second kappa shape index (κ2) is 1.80. The summed E-state index contributed by atoms with van der Waals surface area (Å²) >= 11 is 0. The van der Waals surface area contributed by atoms with E-state index in [1.165, 1.54) is 0 Å². The molecular weight excluding hydrogens is 126 g/mol. The van der Waals surface area contributed by atoms with Crippen LogP contribution >= 0.6 is 0 Å². The molecular formula is C7H7N3. The van der Waals surface area contributed by atoms with Gasteiger partial charge in [0.1, 0.15) is 6.33 Å². The standard InChI is InChI=1S/C7H7N3/c1-6-2-3-7-4-8-5-9-10(6)7/h2-5H,1H3. The van der Waals surface area contributed by atoms with Gasteiger partial charge in [-0.1, -0.05) is 0 Å². The van der Waals surface area contributed by atoms with E-state index in [1.807, 2.05) is 23.6 Å². The van der Waals surface area contributed by atoms with Crippen molar-refractivity contribution in [2.24, 2.45) is 0 Å². The first-order chi connectivity index (χ1) is 4.88. The minimum absolute atomic E-state index is 1.04. The summed E-state index contributed by atoms with van der Waals surface area (Å²) in [5.74, 6) is 0. The molecule has 0 aliphatic rings. The monoisotopic (exact) mass is 133 g/mol. The Balaban J connectivity index is 2.93. The van der Waals surface area contributed by atoms with Crippen LogP contribution < -0.4 is 0 Å². The highest BCUT2D eigenvalue weighted by Crippen LogP contribution is 2.03. The van der Waals surface area contributed by atoms with Crippen LogP contribution in [0, 0.1) is 6.92 Å². The third-order valence-corrected chi connectivity index (χ3v) is 1.51. The van der Waals surface area contributed by atoms with E-state index in [0.717, 1.165) is 11.2 Å². The molecule has 0 saturated heterocycles. The highest BCUT2D eigenvalue weighted by Gasteiger charge is 1.93. The van der Waals surface area contributed by atoms with E-state index in [4.69, 9.17) is 0 Å². The molecule has 2 rings (SSSR count). The topological polar surface area (TPSA) is 30.2 Å². The largest absolute Gasteiger partial charge is 0.241 e. The van der Waals surface area contributed by atoms with Crippen molar-refractivity contribution in [3.8, 4) is 0 Å². The molecule has 0 aliphatic carbocycles. The van der Waals surface area contributed by atoms with Crippen LogP contribution in [0.25, 0.3) is 5.52 Å². The summed E-state index contributed by atoms with van der Waals surface area (Å²) in [6.45, 7) is 2.01. The van der Waals surface area contributed by atoms with E-state index in [2.05, 4.69) is 10.1 Å². The van der Waals surface area contributed by atoms with Crippen molar-refractivity contribution in [3.05, 3.63) is 30.4 Å². The quantitative estimate of drug-likeness (QED) is 0.537. The SMILES string of the molecule is Cc1ccc2cncnn12. The molecule has 3 nitrogen and oxygen atoms in total. The number of rotatable bonds is 0. The predicted octanol–water partition coefficient (Wildman–Crippen LogP) is 1.04. The van der Waals surface area contributed by atoms with Crippen molar-refractivity contribution < 1.29 is 0 Å². The van der Waals surface area contributed by atoms with Crippen LogP contribution in [0.4, 0.5) is 0 Å². The van der Waals surface area contributed by atoms with Crippen molar-refractivity contribution in [2.75, 3.05) is 0 Å². The molecule has 0 spiro atoms. The Kier molecular flexibility index (Phi) is 0.974. The van der Waals surface area contributed by atoms with Gasteiger partial charge in [-0.3, -0.25) is 0 Å². The van der Waals surface area contributed by atoms with Gasteiger partial charge in [0.25, 0.3) is 0 Å². The first-order valence-electron chi connectivity index (χ1n) is 3.12. The molecule has 0 radical (unpaired) electrons. The fourth-order valence-corrected chi connectivity index (χ4v) is 0.997. The molecule has 0 fully saturated rings. The van der Waals surface area contributed by atoms with Gasteiger partial charge in [-0.15, -0.1) is 0 Å². The zero-order valence-corrected chi connectivity index (χ0v) is 5.65. The van der Waals surface area contributed by atoms with Crippen LogP contribution in [0.15, 0.2) is 24.7 Å². The van der Waals surface area contributed by atoms with Crippen LogP contribution in [0.3, 0.4) is 0 Å². The van der Waals surface area contributed by atoms with Crippen molar-refractivity contribution in [3.63, 3.8) is 0 Å². The zero-order chi connectivity index (χ0) is 6.97. The fraction of sp³-hybridized carbons (Fsp3) is 0.143. The maximum atomic E-state index is 4.05. The average Bonchev–Trinajstić information content (AvgIpc) is 2.34. The molecule has 0 saturated carbocycles. The van der Waals surface area contributed by atoms with Crippen LogP contribution in [0.2, 0.25) is 0 Å². The van der Waals surface area contributed by atoms with Gasteiger partial charge in [0.15, 0.2) is 0 Å². The molecule has 0 bridgehead atoms. The fourth-order valence-electron chi connectivity index (χ4n) is 0.997. The van der Waals surface area contributed by atoms with Crippen molar-refractivity contribution in [1.29, 1.82) is 0 Å². The van der Waals surface area contributed by atoms with Gasteiger partial charge in [0.05, 0.1) is 11.7 Å². The van der Waals surface area contributed by atoms with Gasteiger partial charge in [0, 0.05) is 5.69 Å². The number of aromatic nitrogens is 3. The summed E-state index contributed by atoms with van der Waals surface area (Å²) in [5, 5.41) is 4.05. The van der Waals surface area contributed by atoms with E-state index in [-0.39, 0.29) is 0 Å². The molecule has 0 N–H and O–H groups in total. The Morgan fingerprint density at radius 2 is 2.30 bits per heavy atom. The number of hydrogen-bond donors (Lipinski definition) is 0. The van der Waals surface area contributed by atoms with E-state index < -0.39 is 0 Å². The highest BCUT2D eigenvalue weighted by molar-refractivity contribution is 5.45. The highest BCUT2D eigenvalue weighted by atomic mass is 15.2. The Hall–Kier alpha value is -1.38. The first kappa shape index (κ1) is 5.41. The lowest BCUT2D eigenvalue weighted by atomic mass is 10.5. The second-order valence-electron chi connectivity index (χ2n) is 2.22. The van der Waals surface area contributed by atoms with Crippen LogP contribution in [0.5, 0.6) is 0 Å². The van der Waals surface area contributed by atoms with Crippen molar-refractivity contribution in [1.82, 2.24) is 14.6 Å². The smallest absolute Gasteiger partial charge is 0.136 e. The molecule has 0 unspecified atom stereocenters. The van der Waals surface area contributed by atoms with E-state index in [9.17, 15) is 0 Å². The lowest BCUT2D eigenvalue weighted by molar-refractivity contribution is 0.871. The van der Waals surface area contributed by atoms with Gasteiger partial charge >= 0.3 is 0 Å². The van der Waals surface area contributed by atoms with Gasteiger partial charge in [-0.05, 0) is 19.1 Å². The number of aryl methyl sites for hydroxylation is 1. The van der Waals surface area contributed by atoms with Gasteiger partial charge < -0.3 is 0 Å². The van der Waals surface area contributed by atoms with Gasteiger partial charge in [-0.25, -0.2) is 9.50 Å². The molecule has 50 valence electrons. The molecule has 0 amide bonds. The van der Waals surface area contributed by atoms with E-state index in [0.29, 0.717) is 0 Å². The Bertz CT molecular complexity index is 350. The third-order valence-electron chi connectivity index (χ3n) is 1.51. The van der Waals surface area contributed by atoms with Gasteiger partial charge in [0.2, 0.25) is 0 Å². The Morgan fingerprint density at radius 1 is 1.40 bits per heavy atom. The summed E-state index contributed by atoms with van der Waals surface area (Å²) in [4.78, 5) is 3.89. The number of hydrogen-bond acceptors (Lipinski definition) is 2. The van der Waals surface area contributed by atoms with Crippen LogP contribution in [0.1, 0.15) is 5.69 Å². The Labute approximate surface area is 58.3 Å². The molecule has 2 aromatic heterocycles. The van der Waals surface area contributed by atoms with Gasteiger partial charge in [-0.2, -0.15) is 5.10 Å². The van der Waals surface area contributed by atoms with Crippen LogP contribution in [-0.4, -0.2) is 14.6 Å². The van der Waals surface area contributed by atoms with E-state index in [1.54, 1.807) is 12.5 Å². The number of fused-ring (bicyclic) bond motifs is 1. The minimum atomic E-state index is 1.04. The molecule has 0 aromatic carbocycles. The normalized spacial score (nSPS) is 10.5. The second-order valence-corrected chi connectivity index (χ2v) is 2.22. The lowest BCUT2D eigenvalue weighted by Crippen LogP contribution is -1.92. The molecule has 0 atom stereocenters. The predicted molar refractivity (Wildman–Crippen MR) is 37.7 cm³/mol. The third kappa shape index (κ3) is 0.603. The van der Waals surface area contributed by atoms with Crippen molar-refractivity contribution in [2.45, 2.75) is 6.92 Å². The minimum Gasteiger partial charge on any atom is -0.241 e. The maximum Gasteiger partial charge on any atom is 0.136 e. The molecule has 2 aromatic rings. The summed E-state index contributed by atoms with van der Waals surface area (Å²) in [7, 11) is 0. The lowest BCUT2D eigenvalue weighted by Gasteiger charge is -1.91. The molecule has 0 aliphatic heterocycles. The average molecular weight is 133 g/mol. The number of nitrogens with zero attached hydrogens (tertiary/aromatic N) is 3. The molecule has 3 heteroatoms. The summed E-state index contributed by atoms with van der Waals surface area (Å²) in [6, 6.07) is 4.01. The summed E-state index contributed by atoms with van der Waals surface area (Å²) < 4.78 is 1.85. The van der Waals surface area contributed by atoms with Crippen molar-refractivity contribution >= 4 is 5.52 Å². The molecule has 10 heavy (non-hydrogen) atoms. The zero-order valence-electron chi connectivity index (χ0n) is 5.65. The molecule has 2 heterocycles. The van der Waals surface area contributed by atoms with E-state index >= 15 is 0 Å². The first-order valence-corrected chi connectivity index (χ1v) is 3.12. The Morgan fingerprint density at radius 3 is 3.10 bits per heavy atom. The summed E-state index contributed by atoms with van der Waals surface area (Å²) in [5.41, 5.74) is 2.18. The van der Waals surface area contributed by atoms with Crippen LogP contribution in [-0.2, 0) is 0 Å². The maximum absolute atomic E-state index is 4.05.